The minimum absolute atomic E-state index is 0.194. The summed E-state index contributed by atoms with van der Waals surface area (Å²) < 4.78 is 0. The van der Waals surface area contributed by atoms with E-state index in [1.165, 1.54) is 5.56 Å². The molecule has 1 aromatic rings. The summed E-state index contributed by atoms with van der Waals surface area (Å²) in [7, 11) is 0. The number of rotatable bonds is 2. The lowest BCUT2D eigenvalue weighted by molar-refractivity contribution is -0.124. The Kier molecular flexibility index (Phi) is 2.96. The van der Waals surface area contributed by atoms with Gasteiger partial charge in [0.15, 0.2) is 0 Å². The number of hydrogen-bond donors (Lipinski definition) is 2. The molecule has 18 heavy (non-hydrogen) atoms. The largest absolute Gasteiger partial charge is 0.399 e. The van der Waals surface area contributed by atoms with Crippen LogP contribution in [0.2, 0.25) is 0 Å². The van der Waals surface area contributed by atoms with Crippen molar-refractivity contribution in [3.8, 4) is 0 Å². The Morgan fingerprint density at radius 2 is 2.33 bits per heavy atom. The van der Waals surface area contributed by atoms with Crippen molar-refractivity contribution in [3.05, 3.63) is 29.8 Å². The highest BCUT2D eigenvalue weighted by molar-refractivity contribution is 5.82. The molecule has 2 heterocycles. The first kappa shape index (κ1) is 11.5. The standard InChI is InChI=1S/C14H19N3O/c15-11-4-1-3-10(7-11)9-17-6-2-5-12-13(17)8-16-14(12)18/h1,3-4,7,12-13H,2,5-6,8-9,15H2,(H,16,18). The van der Waals surface area contributed by atoms with Crippen molar-refractivity contribution in [2.45, 2.75) is 25.4 Å². The van der Waals surface area contributed by atoms with E-state index in [2.05, 4.69) is 16.3 Å². The van der Waals surface area contributed by atoms with E-state index in [1.54, 1.807) is 0 Å². The number of anilines is 1. The van der Waals surface area contributed by atoms with Crippen LogP contribution < -0.4 is 11.1 Å². The van der Waals surface area contributed by atoms with Gasteiger partial charge in [-0.05, 0) is 37.1 Å². The van der Waals surface area contributed by atoms with Crippen LogP contribution in [0.25, 0.3) is 0 Å². The third-order valence-electron chi connectivity index (χ3n) is 4.05. The molecule has 2 unspecified atom stereocenters. The van der Waals surface area contributed by atoms with E-state index in [4.69, 9.17) is 5.73 Å². The molecule has 96 valence electrons. The Morgan fingerprint density at radius 3 is 3.17 bits per heavy atom. The Balaban J connectivity index is 1.74. The highest BCUT2D eigenvalue weighted by atomic mass is 16.2. The average molecular weight is 245 g/mol. The molecule has 3 N–H and O–H groups in total. The van der Waals surface area contributed by atoms with E-state index in [0.29, 0.717) is 6.04 Å². The average Bonchev–Trinajstić information content (AvgIpc) is 2.73. The summed E-state index contributed by atoms with van der Waals surface area (Å²) in [6.07, 6.45) is 2.14. The zero-order valence-corrected chi connectivity index (χ0v) is 10.4. The number of nitrogens with zero attached hydrogens (tertiary/aromatic N) is 1. The fraction of sp³-hybridized carbons (Fsp3) is 0.500. The van der Waals surface area contributed by atoms with Crippen LogP contribution in [0, 0.1) is 5.92 Å². The van der Waals surface area contributed by atoms with Gasteiger partial charge in [0.25, 0.3) is 0 Å². The quantitative estimate of drug-likeness (QED) is 0.764. The minimum atomic E-state index is 0.194. The fourth-order valence-corrected chi connectivity index (χ4v) is 3.16. The predicted octanol–water partition coefficient (Wildman–Crippen LogP) is 0.979. The number of benzene rings is 1. The smallest absolute Gasteiger partial charge is 0.224 e. The molecule has 1 amide bonds. The van der Waals surface area contributed by atoms with Crippen molar-refractivity contribution < 1.29 is 4.79 Å². The number of carbonyl (C=O) groups is 1. The molecule has 0 aromatic heterocycles. The van der Waals surface area contributed by atoms with Gasteiger partial charge in [0.2, 0.25) is 5.91 Å². The summed E-state index contributed by atoms with van der Waals surface area (Å²) in [5, 5.41) is 2.98. The molecule has 0 bridgehead atoms. The topological polar surface area (TPSA) is 58.4 Å². The molecule has 0 saturated carbocycles. The molecule has 2 atom stereocenters. The van der Waals surface area contributed by atoms with Crippen LogP contribution in [0.15, 0.2) is 24.3 Å². The van der Waals surface area contributed by atoms with Gasteiger partial charge >= 0.3 is 0 Å². The van der Waals surface area contributed by atoms with Crippen LogP contribution in [0.5, 0.6) is 0 Å². The molecule has 3 rings (SSSR count). The Bertz CT molecular complexity index is 460. The Morgan fingerprint density at radius 1 is 1.44 bits per heavy atom. The van der Waals surface area contributed by atoms with Gasteiger partial charge < -0.3 is 11.1 Å². The highest BCUT2D eigenvalue weighted by Crippen LogP contribution is 2.28. The zero-order valence-electron chi connectivity index (χ0n) is 10.4. The van der Waals surface area contributed by atoms with Crippen molar-refractivity contribution in [2.75, 3.05) is 18.8 Å². The second-order valence-corrected chi connectivity index (χ2v) is 5.28. The van der Waals surface area contributed by atoms with Gasteiger partial charge in [-0.25, -0.2) is 0 Å². The van der Waals surface area contributed by atoms with Crippen molar-refractivity contribution in [1.82, 2.24) is 10.2 Å². The lowest BCUT2D eigenvalue weighted by Gasteiger charge is -2.35. The summed E-state index contributed by atoms with van der Waals surface area (Å²) in [4.78, 5) is 14.1. The summed E-state index contributed by atoms with van der Waals surface area (Å²) in [5.41, 5.74) is 7.85. The van der Waals surface area contributed by atoms with Gasteiger partial charge in [0.05, 0.1) is 5.92 Å². The van der Waals surface area contributed by atoms with Gasteiger partial charge in [-0.15, -0.1) is 0 Å². The maximum atomic E-state index is 11.7. The molecule has 2 saturated heterocycles. The van der Waals surface area contributed by atoms with E-state index >= 15 is 0 Å². The summed E-state index contributed by atoms with van der Waals surface area (Å²) >= 11 is 0. The lowest BCUT2D eigenvalue weighted by Crippen LogP contribution is -2.44. The molecular formula is C14H19N3O. The molecule has 0 spiro atoms. The predicted molar refractivity (Wildman–Crippen MR) is 70.8 cm³/mol. The van der Waals surface area contributed by atoms with E-state index in [0.717, 1.165) is 38.2 Å². The van der Waals surface area contributed by atoms with E-state index in [-0.39, 0.29) is 11.8 Å². The third-order valence-corrected chi connectivity index (χ3v) is 4.05. The van der Waals surface area contributed by atoms with Gasteiger partial charge in [-0.2, -0.15) is 0 Å². The molecule has 4 nitrogen and oxygen atoms in total. The molecule has 0 radical (unpaired) electrons. The van der Waals surface area contributed by atoms with E-state index in [9.17, 15) is 4.79 Å². The lowest BCUT2D eigenvalue weighted by atomic mass is 9.91. The first-order valence-electron chi connectivity index (χ1n) is 6.60. The van der Waals surface area contributed by atoms with Gasteiger partial charge in [0.1, 0.15) is 0 Å². The van der Waals surface area contributed by atoms with E-state index < -0.39 is 0 Å². The molecule has 2 fully saturated rings. The van der Waals surface area contributed by atoms with Crippen molar-refractivity contribution in [1.29, 1.82) is 0 Å². The number of hydrogen-bond acceptors (Lipinski definition) is 3. The molecule has 0 aliphatic carbocycles. The maximum Gasteiger partial charge on any atom is 0.224 e. The third kappa shape index (κ3) is 2.08. The van der Waals surface area contributed by atoms with Crippen LogP contribution in [-0.2, 0) is 11.3 Å². The number of likely N-dealkylation sites (tertiary alicyclic amines) is 1. The van der Waals surface area contributed by atoms with Crippen molar-refractivity contribution >= 4 is 11.6 Å². The highest BCUT2D eigenvalue weighted by Gasteiger charge is 2.40. The van der Waals surface area contributed by atoms with Crippen LogP contribution in [0.3, 0.4) is 0 Å². The van der Waals surface area contributed by atoms with Gasteiger partial charge in [-0.1, -0.05) is 12.1 Å². The number of fused-ring (bicyclic) bond motifs is 1. The zero-order chi connectivity index (χ0) is 12.5. The Labute approximate surface area is 107 Å². The number of nitrogen functional groups attached to an aromatic ring is 1. The summed E-state index contributed by atoms with van der Waals surface area (Å²) in [5.74, 6) is 0.428. The number of amides is 1. The van der Waals surface area contributed by atoms with Crippen LogP contribution in [0.1, 0.15) is 18.4 Å². The molecule has 2 aliphatic heterocycles. The van der Waals surface area contributed by atoms with Gasteiger partial charge in [0, 0.05) is 24.8 Å². The number of piperidine rings is 1. The van der Waals surface area contributed by atoms with Crippen molar-refractivity contribution in [2.24, 2.45) is 5.92 Å². The van der Waals surface area contributed by atoms with Crippen LogP contribution >= 0.6 is 0 Å². The minimum Gasteiger partial charge on any atom is -0.399 e. The van der Waals surface area contributed by atoms with Crippen LogP contribution in [-0.4, -0.2) is 29.9 Å². The second kappa shape index (κ2) is 4.61. The SMILES string of the molecule is Nc1cccc(CN2CCCC3C(=O)NCC32)c1. The van der Waals surface area contributed by atoms with Gasteiger partial charge in [-0.3, -0.25) is 9.69 Å². The van der Waals surface area contributed by atoms with Crippen LogP contribution in [0.4, 0.5) is 5.69 Å². The maximum absolute atomic E-state index is 11.7. The molecule has 1 aromatic carbocycles. The van der Waals surface area contributed by atoms with E-state index in [1.807, 2.05) is 18.2 Å². The first-order chi connectivity index (χ1) is 8.74. The van der Waals surface area contributed by atoms with Crippen molar-refractivity contribution in [3.63, 3.8) is 0 Å². The fourth-order valence-electron chi connectivity index (χ4n) is 3.16. The molecule has 4 heteroatoms. The monoisotopic (exact) mass is 245 g/mol. The second-order valence-electron chi connectivity index (χ2n) is 5.28. The first-order valence-corrected chi connectivity index (χ1v) is 6.60. The Hall–Kier alpha value is -1.55. The number of nitrogens with two attached hydrogens (primary N) is 1. The summed E-state index contributed by atoms with van der Waals surface area (Å²) in [6.45, 7) is 2.76. The molecule has 2 aliphatic rings. The summed E-state index contributed by atoms with van der Waals surface area (Å²) in [6, 6.07) is 8.39. The number of carbonyl (C=O) groups excluding carboxylic acids is 1. The normalized spacial score (nSPS) is 27.9. The number of nitrogens with one attached hydrogen (secondary N) is 1. The molecular weight excluding hydrogens is 226 g/mol.